The zero-order chi connectivity index (χ0) is 11.4. The van der Waals surface area contributed by atoms with Crippen molar-refractivity contribution in [3.05, 3.63) is 11.6 Å². The van der Waals surface area contributed by atoms with Gasteiger partial charge in [-0.1, -0.05) is 6.08 Å². The summed E-state index contributed by atoms with van der Waals surface area (Å²) in [6, 6.07) is 0.722. The van der Waals surface area contributed by atoms with E-state index in [2.05, 4.69) is 0 Å². The van der Waals surface area contributed by atoms with Gasteiger partial charge in [-0.05, 0) is 39.5 Å². The number of hydrogen-bond donors (Lipinski definition) is 1. The van der Waals surface area contributed by atoms with Gasteiger partial charge in [0.05, 0.1) is 0 Å². The van der Waals surface area contributed by atoms with Crippen LogP contribution >= 0.6 is 12.4 Å². The zero-order valence-corrected chi connectivity index (χ0v) is 11.2. The fourth-order valence-corrected chi connectivity index (χ4v) is 2.06. The smallest absolute Gasteiger partial charge is 0.249 e. The van der Waals surface area contributed by atoms with Crippen LogP contribution in [0.15, 0.2) is 11.6 Å². The predicted molar refractivity (Wildman–Crippen MR) is 69.7 cm³/mol. The Morgan fingerprint density at radius 1 is 1.31 bits per heavy atom. The first-order valence-corrected chi connectivity index (χ1v) is 5.72. The lowest BCUT2D eigenvalue weighted by molar-refractivity contribution is -0.128. The van der Waals surface area contributed by atoms with Crippen LogP contribution in [0, 0.1) is 0 Å². The molecular weight excluding hydrogens is 224 g/mol. The molecule has 0 aromatic carbocycles. The Labute approximate surface area is 104 Å². The van der Waals surface area contributed by atoms with Gasteiger partial charge in [-0.2, -0.15) is 0 Å². The lowest BCUT2D eigenvalue weighted by atomic mass is 9.91. The molecule has 1 fully saturated rings. The van der Waals surface area contributed by atoms with Gasteiger partial charge in [0.25, 0.3) is 0 Å². The first kappa shape index (κ1) is 15.5. The Morgan fingerprint density at radius 2 is 1.81 bits per heavy atom. The lowest BCUT2D eigenvalue weighted by Crippen LogP contribution is -2.42. The number of amides is 1. The molecule has 16 heavy (non-hydrogen) atoms. The summed E-state index contributed by atoms with van der Waals surface area (Å²) in [6.45, 7) is 3.77. The molecule has 0 bridgehead atoms. The average molecular weight is 247 g/mol. The van der Waals surface area contributed by atoms with E-state index < -0.39 is 0 Å². The maximum absolute atomic E-state index is 11.9. The minimum Gasteiger partial charge on any atom is -0.339 e. The summed E-state index contributed by atoms with van der Waals surface area (Å²) in [5, 5.41) is 0. The van der Waals surface area contributed by atoms with Crippen molar-refractivity contribution in [2.24, 2.45) is 5.73 Å². The monoisotopic (exact) mass is 246 g/mol. The summed E-state index contributed by atoms with van der Waals surface area (Å²) in [5.41, 5.74) is 6.67. The standard InChI is InChI=1S/C12H22N2O.ClH/c1-4-9(2)12(15)14(3)11-7-5-10(13)6-8-11;/h4,10-11H,5-8,13H2,1-3H3;1H/b9-4-;. The highest BCUT2D eigenvalue weighted by Crippen LogP contribution is 2.22. The highest BCUT2D eigenvalue weighted by atomic mass is 35.5. The van der Waals surface area contributed by atoms with Gasteiger partial charge in [0.15, 0.2) is 0 Å². The molecule has 0 spiro atoms. The number of rotatable bonds is 2. The fraction of sp³-hybridized carbons (Fsp3) is 0.750. The van der Waals surface area contributed by atoms with E-state index in [0.717, 1.165) is 31.3 Å². The van der Waals surface area contributed by atoms with E-state index in [-0.39, 0.29) is 18.3 Å². The molecule has 1 saturated carbocycles. The van der Waals surface area contributed by atoms with Crippen molar-refractivity contribution in [2.75, 3.05) is 7.05 Å². The Balaban J connectivity index is 0.00000225. The first-order valence-electron chi connectivity index (χ1n) is 5.72. The van der Waals surface area contributed by atoms with Gasteiger partial charge in [-0.25, -0.2) is 0 Å². The molecular formula is C12H23ClN2O. The SMILES string of the molecule is C/C=C(/C)C(=O)N(C)C1CCC(N)CC1.Cl. The van der Waals surface area contributed by atoms with Crippen molar-refractivity contribution in [1.82, 2.24) is 4.90 Å². The predicted octanol–water partition coefficient (Wildman–Crippen LogP) is 2.10. The number of nitrogens with two attached hydrogens (primary N) is 1. The van der Waals surface area contributed by atoms with Crippen LogP contribution in [-0.2, 0) is 4.79 Å². The molecule has 0 aromatic heterocycles. The Morgan fingerprint density at radius 3 is 2.25 bits per heavy atom. The molecule has 1 aliphatic rings. The highest BCUT2D eigenvalue weighted by molar-refractivity contribution is 5.92. The van der Waals surface area contributed by atoms with Crippen molar-refractivity contribution >= 4 is 18.3 Å². The molecule has 0 radical (unpaired) electrons. The van der Waals surface area contributed by atoms with Crippen LogP contribution in [0.25, 0.3) is 0 Å². The Bertz CT molecular complexity index is 258. The molecule has 0 atom stereocenters. The van der Waals surface area contributed by atoms with E-state index in [1.54, 1.807) is 0 Å². The normalized spacial score (nSPS) is 25.9. The second-order valence-corrected chi connectivity index (χ2v) is 4.46. The molecule has 94 valence electrons. The van der Waals surface area contributed by atoms with Gasteiger partial charge in [-0.15, -0.1) is 12.4 Å². The molecule has 1 rings (SSSR count). The quantitative estimate of drug-likeness (QED) is 0.759. The van der Waals surface area contributed by atoms with E-state index in [0.29, 0.717) is 12.1 Å². The van der Waals surface area contributed by atoms with Crippen LogP contribution in [0.4, 0.5) is 0 Å². The summed E-state index contributed by atoms with van der Waals surface area (Å²) >= 11 is 0. The van der Waals surface area contributed by atoms with Crippen molar-refractivity contribution in [3.63, 3.8) is 0 Å². The molecule has 3 nitrogen and oxygen atoms in total. The topological polar surface area (TPSA) is 46.3 Å². The number of likely N-dealkylation sites (N-methyl/N-ethyl adjacent to an activating group) is 1. The van der Waals surface area contributed by atoms with Crippen LogP contribution in [0.2, 0.25) is 0 Å². The molecule has 1 amide bonds. The van der Waals surface area contributed by atoms with Crippen LogP contribution in [0.3, 0.4) is 0 Å². The third-order valence-corrected chi connectivity index (χ3v) is 3.38. The van der Waals surface area contributed by atoms with Crippen molar-refractivity contribution in [2.45, 2.75) is 51.6 Å². The second kappa shape index (κ2) is 6.92. The third-order valence-electron chi connectivity index (χ3n) is 3.38. The Kier molecular flexibility index (Phi) is 6.68. The minimum absolute atomic E-state index is 0. The number of nitrogens with zero attached hydrogens (tertiary/aromatic N) is 1. The summed E-state index contributed by atoms with van der Waals surface area (Å²) in [6.07, 6.45) is 6.03. The van der Waals surface area contributed by atoms with Gasteiger partial charge in [0.2, 0.25) is 5.91 Å². The average Bonchev–Trinajstić information content (AvgIpc) is 2.27. The maximum atomic E-state index is 11.9. The maximum Gasteiger partial charge on any atom is 0.249 e. The second-order valence-electron chi connectivity index (χ2n) is 4.46. The molecule has 4 heteroatoms. The van der Waals surface area contributed by atoms with Gasteiger partial charge < -0.3 is 10.6 Å². The number of carbonyl (C=O) groups is 1. The van der Waals surface area contributed by atoms with Crippen LogP contribution in [-0.4, -0.2) is 29.9 Å². The molecule has 2 N–H and O–H groups in total. The summed E-state index contributed by atoms with van der Waals surface area (Å²) in [5.74, 6) is 0.151. The summed E-state index contributed by atoms with van der Waals surface area (Å²) < 4.78 is 0. The Hall–Kier alpha value is -0.540. The van der Waals surface area contributed by atoms with Gasteiger partial charge in [0, 0.05) is 24.7 Å². The highest BCUT2D eigenvalue weighted by Gasteiger charge is 2.25. The van der Waals surface area contributed by atoms with E-state index in [1.165, 1.54) is 0 Å². The molecule has 0 saturated heterocycles. The van der Waals surface area contributed by atoms with Crippen LogP contribution < -0.4 is 5.73 Å². The number of hydrogen-bond acceptors (Lipinski definition) is 2. The molecule has 0 unspecified atom stereocenters. The van der Waals surface area contributed by atoms with Crippen molar-refractivity contribution < 1.29 is 4.79 Å². The minimum atomic E-state index is 0. The van der Waals surface area contributed by atoms with Gasteiger partial charge >= 0.3 is 0 Å². The molecule has 0 aromatic rings. The number of allylic oxidation sites excluding steroid dienone is 1. The van der Waals surface area contributed by atoms with E-state index in [1.807, 2.05) is 31.9 Å². The third kappa shape index (κ3) is 3.80. The van der Waals surface area contributed by atoms with Crippen LogP contribution in [0.1, 0.15) is 39.5 Å². The summed E-state index contributed by atoms with van der Waals surface area (Å²) in [4.78, 5) is 13.8. The van der Waals surface area contributed by atoms with E-state index >= 15 is 0 Å². The number of carbonyl (C=O) groups excluding carboxylic acids is 1. The van der Waals surface area contributed by atoms with Gasteiger partial charge in [0.1, 0.15) is 0 Å². The molecule has 1 aliphatic carbocycles. The van der Waals surface area contributed by atoms with E-state index in [4.69, 9.17) is 5.73 Å². The largest absolute Gasteiger partial charge is 0.339 e. The van der Waals surface area contributed by atoms with Crippen LogP contribution in [0.5, 0.6) is 0 Å². The van der Waals surface area contributed by atoms with Crippen molar-refractivity contribution in [1.29, 1.82) is 0 Å². The van der Waals surface area contributed by atoms with Crippen molar-refractivity contribution in [3.8, 4) is 0 Å². The lowest BCUT2D eigenvalue weighted by Gasteiger charge is -2.33. The first-order chi connectivity index (χ1) is 7.06. The van der Waals surface area contributed by atoms with E-state index in [9.17, 15) is 4.79 Å². The molecule has 0 aliphatic heterocycles. The summed E-state index contributed by atoms with van der Waals surface area (Å²) in [7, 11) is 1.90. The zero-order valence-electron chi connectivity index (χ0n) is 10.4. The van der Waals surface area contributed by atoms with Gasteiger partial charge in [-0.3, -0.25) is 4.79 Å². The molecule has 0 heterocycles. The fourth-order valence-electron chi connectivity index (χ4n) is 2.06. The number of halogens is 1.